The van der Waals surface area contributed by atoms with Crippen molar-refractivity contribution in [3.63, 3.8) is 0 Å². The predicted molar refractivity (Wildman–Crippen MR) is 106 cm³/mol. The van der Waals surface area contributed by atoms with Gasteiger partial charge in [0.1, 0.15) is 16.5 Å². The van der Waals surface area contributed by atoms with Gasteiger partial charge in [-0.15, -0.1) is 0 Å². The molecule has 1 fully saturated rings. The van der Waals surface area contributed by atoms with Gasteiger partial charge in [0.15, 0.2) is 0 Å². The summed E-state index contributed by atoms with van der Waals surface area (Å²) >= 11 is 0. The Morgan fingerprint density at radius 2 is 1.52 bits per heavy atom. The molecule has 1 heterocycles. The second-order valence-electron chi connectivity index (χ2n) is 6.98. The lowest BCUT2D eigenvalue weighted by Gasteiger charge is -2.21. The Morgan fingerprint density at radius 1 is 0.862 bits per heavy atom. The van der Waals surface area contributed by atoms with E-state index in [9.17, 15) is 25.6 Å². The van der Waals surface area contributed by atoms with Gasteiger partial charge in [0, 0.05) is 13.1 Å². The number of halogens is 2. The highest BCUT2D eigenvalue weighted by molar-refractivity contribution is 7.92. The van der Waals surface area contributed by atoms with Gasteiger partial charge in [-0.3, -0.25) is 4.72 Å². The molecule has 1 aliphatic heterocycles. The Labute approximate surface area is 169 Å². The summed E-state index contributed by atoms with van der Waals surface area (Å²) in [6, 6.07) is 6.17. The van der Waals surface area contributed by atoms with E-state index in [0.717, 1.165) is 31.7 Å². The van der Waals surface area contributed by atoms with Gasteiger partial charge in [-0.1, -0.05) is 18.9 Å². The van der Waals surface area contributed by atoms with E-state index >= 15 is 0 Å². The van der Waals surface area contributed by atoms with Crippen molar-refractivity contribution in [3.8, 4) is 0 Å². The number of anilines is 1. The molecule has 1 N–H and O–H groups in total. The topological polar surface area (TPSA) is 83.5 Å². The lowest BCUT2D eigenvalue weighted by molar-refractivity contribution is 0.423. The van der Waals surface area contributed by atoms with Crippen LogP contribution in [0, 0.1) is 18.6 Å². The van der Waals surface area contributed by atoms with Crippen molar-refractivity contribution in [2.75, 3.05) is 17.8 Å². The number of hydrogen-bond acceptors (Lipinski definition) is 4. The van der Waals surface area contributed by atoms with Crippen molar-refractivity contribution in [1.82, 2.24) is 4.31 Å². The maximum Gasteiger partial charge on any atom is 0.264 e. The third-order valence-corrected chi connectivity index (χ3v) is 8.24. The minimum atomic E-state index is -4.45. The molecule has 6 nitrogen and oxygen atoms in total. The summed E-state index contributed by atoms with van der Waals surface area (Å²) in [6.07, 6.45) is 3.46. The van der Waals surface area contributed by atoms with Gasteiger partial charge in [0.05, 0.1) is 10.6 Å². The first-order valence-corrected chi connectivity index (χ1v) is 12.1. The second kappa shape index (κ2) is 8.37. The highest BCUT2D eigenvalue weighted by atomic mass is 32.2. The Hall–Kier alpha value is -2.04. The molecule has 158 valence electrons. The van der Waals surface area contributed by atoms with Crippen molar-refractivity contribution < 1.29 is 25.6 Å². The smallest absolute Gasteiger partial charge is 0.264 e. The molecule has 1 saturated heterocycles. The summed E-state index contributed by atoms with van der Waals surface area (Å²) in [6.45, 7) is 2.44. The third-order valence-electron chi connectivity index (χ3n) is 4.81. The van der Waals surface area contributed by atoms with E-state index in [1.54, 1.807) is 6.92 Å². The normalized spacial score (nSPS) is 16.4. The summed E-state index contributed by atoms with van der Waals surface area (Å²) in [7, 11) is -8.25. The van der Waals surface area contributed by atoms with Gasteiger partial charge in [-0.25, -0.2) is 25.6 Å². The van der Waals surface area contributed by atoms with Crippen molar-refractivity contribution in [2.45, 2.75) is 42.4 Å². The largest absolute Gasteiger partial charge is 0.279 e. The molecule has 3 rings (SSSR count). The molecule has 0 bridgehead atoms. The SMILES string of the molecule is Cc1ccc(NS(=O)(=O)c2cc(F)ccc2F)cc1S(=O)(=O)N1CCCCCC1. The number of nitrogens with one attached hydrogen (secondary N) is 1. The van der Waals surface area contributed by atoms with Crippen molar-refractivity contribution in [3.05, 3.63) is 53.6 Å². The van der Waals surface area contributed by atoms with Crippen LogP contribution in [0.15, 0.2) is 46.2 Å². The molecule has 2 aromatic carbocycles. The van der Waals surface area contributed by atoms with Gasteiger partial charge in [-0.2, -0.15) is 4.31 Å². The van der Waals surface area contributed by atoms with E-state index < -0.39 is 36.6 Å². The molecule has 0 unspecified atom stereocenters. The van der Waals surface area contributed by atoms with Crippen LogP contribution in [0.25, 0.3) is 0 Å². The number of rotatable bonds is 5. The molecule has 0 atom stereocenters. The summed E-state index contributed by atoms with van der Waals surface area (Å²) in [4.78, 5) is -0.866. The fourth-order valence-corrected chi connectivity index (χ4v) is 6.16. The summed E-state index contributed by atoms with van der Waals surface area (Å²) in [5.41, 5.74) is 0.418. The molecule has 0 radical (unpaired) electrons. The summed E-state index contributed by atoms with van der Waals surface area (Å²) in [5, 5.41) is 0. The number of hydrogen-bond donors (Lipinski definition) is 1. The lowest BCUT2D eigenvalue weighted by Crippen LogP contribution is -2.32. The van der Waals surface area contributed by atoms with Crippen molar-refractivity contribution >= 4 is 25.7 Å². The summed E-state index contributed by atoms with van der Waals surface area (Å²) < 4.78 is 82.0. The fraction of sp³-hybridized carbons (Fsp3) is 0.368. The highest BCUT2D eigenvalue weighted by Crippen LogP contribution is 2.27. The molecule has 0 aromatic heterocycles. The van der Waals surface area contributed by atoms with Crippen LogP contribution in [-0.4, -0.2) is 34.2 Å². The van der Waals surface area contributed by atoms with Crippen molar-refractivity contribution in [2.24, 2.45) is 0 Å². The molecule has 0 aliphatic carbocycles. The van der Waals surface area contributed by atoms with E-state index in [-0.39, 0.29) is 10.6 Å². The maximum atomic E-state index is 13.9. The lowest BCUT2D eigenvalue weighted by atomic mass is 10.2. The van der Waals surface area contributed by atoms with Crippen LogP contribution < -0.4 is 4.72 Å². The minimum Gasteiger partial charge on any atom is -0.279 e. The Balaban J connectivity index is 1.96. The zero-order chi connectivity index (χ0) is 21.2. The van der Waals surface area contributed by atoms with Crippen LogP contribution in [0.3, 0.4) is 0 Å². The van der Waals surface area contributed by atoms with Crippen LogP contribution in [0.4, 0.5) is 14.5 Å². The zero-order valence-corrected chi connectivity index (χ0v) is 17.5. The first kappa shape index (κ1) is 21.7. The van der Waals surface area contributed by atoms with Crippen LogP contribution >= 0.6 is 0 Å². The third kappa shape index (κ3) is 4.76. The summed E-state index contributed by atoms with van der Waals surface area (Å²) in [5.74, 6) is -2.01. The number of nitrogens with zero attached hydrogens (tertiary/aromatic N) is 1. The minimum absolute atomic E-state index is 0.0145. The molecule has 1 aliphatic rings. The van der Waals surface area contributed by atoms with E-state index in [4.69, 9.17) is 0 Å². The maximum absolute atomic E-state index is 13.9. The first-order chi connectivity index (χ1) is 13.6. The van der Waals surface area contributed by atoms with Gasteiger partial charge >= 0.3 is 0 Å². The first-order valence-electron chi connectivity index (χ1n) is 9.20. The second-order valence-corrected chi connectivity index (χ2v) is 10.5. The average Bonchev–Trinajstić information content (AvgIpc) is 2.95. The standard InChI is InChI=1S/C19H22F2N2O4S2/c1-14-6-8-16(22-28(24,25)19-12-15(20)7-9-17(19)21)13-18(14)29(26,27)23-10-4-2-3-5-11-23/h6-9,12-13,22H,2-5,10-11H2,1H3. The molecule has 0 saturated carbocycles. The van der Waals surface area contributed by atoms with Gasteiger partial charge in [-0.05, 0) is 55.7 Å². The van der Waals surface area contributed by atoms with E-state index in [1.165, 1.54) is 22.5 Å². The number of benzene rings is 2. The van der Waals surface area contributed by atoms with Gasteiger partial charge in [0.25, 0.3) is 10.0 Å². The highest BCUT2D eigenvalue weighted by Gasteiger charge is 2.28. The van der Waals surface area contributed by atoms with Gasteiger partial charge in [0.2, 0.25) is 10.0 Å². The van der Waals surface area contributed by atoms with Crippen LogP contribution in [0.1, 0.15) is 31.2 Å². The molecular formula is C19H22F2N2O4S2. The van der Waals surface area contributed by atoms with Gasteiger partial charge < -0.3 is 0 Å². The Morgan fingerprint density at radius 3 is 2.17 bits per heavy atom. The van der Waals surface area contributed by atoms with Crippen LogP contribution in [0.2, 0.25) is 0 Å². The molecule has 0 amide bonds. The fourth-order valence-electron chi connectivity index (χ4n) is 3.26. The quantitative estimate of drug-likeness (QED) is 0.763. The van der Waals surface area contributed by atoms with Crippen molar-refractivity contribution in [1.29, 1.82) is 0 Å². The zero-order valence-electron chi connectivity index (χ0n) is 15.9. The number of sulfonamides is 2. The Bertz CT molecular complexity index is 1110. The Kier molecular flexibility index (Phi) is 6.25. The molecule has 29 heavy (non-hydrogen) atoms. The van der Waals surface area contributed by atoms with Crippen LogP contribution in [-0.2, 0) is 20.0 Å². The molecule has 2 aromatic rings. The monoisotopic (exact) mass is 444 g/mol. The molecular weight excluding hydrogens is 422 g/mol. The van der Waals surface area contributed by atoms with E-state index in [2.05, 4.69) is 4.72 Å². The van der Waals surface area contributed by atoms with E-state index in [1.807, 2.05) is 0 Å². The predicted octanol–water partition coefficient (Wildman–Crippen LogP) is 3.64. The van der Waals surface area contributed by atoms with E-state index in [0.29, 0.717) is 30.8 Å². The van der Waals surface area contributed by atoms with Crippen LogP contribution in [0.5, 0.6) is 0 Å². The molecule has 10 heteroatoms. The molecule has 0 spiro atoms. The number of aryl methyl sites for hydroxylation is 1. The average molecular weight is 445 g/mol.